The number of ether oxygens (including phenoxy) is 1. The predicted molar refractivity (Wildman–Crippen MR) is 74.9 cm³/mol. The van der Waals surface area contributed by atoms with E-state index in [0.717, 1.165) is 3.57 Å². The van der Waals surface area contributed by atoms with Crippen molar-refractivity contribution in [3.63, 3.8) is 0 Å². The van der Waals surface area contributed by atoms with Gasteiger partial charge in [0, 0.05) is 16.0 Å². The van der Waals surface area contributed by atoms with Crippen LogP contribution in [0.2, 0.25) is 0 Å². The molecule has 1 N–H and O–H groups in total. The lowest BCUT2D eigenvalue weighted by molar-refractivity contribution is 0.0595. The summed E-state index contributed by atoms with van der Waals surface area (Å²) in [7, 11) is 2.71. The number of halogens is 1. The van der Waals surface area contributed by atoms with Gasteiger partial charge in [-0.1, -0.05) is 0 Å². The quantitative estimate of drug-likeness (QED) is 0.621. The second-order valence-corrected chi connectivity index (χ2v) is 4.99. The molecule has 0 saturated heterocycles. The van der Waals surface area contributed by atoms with E-state index in [-0.39, 0.29) is 11.3 Å². The number of hydrogen-bond donors (Lipinski definition) is 1. The summed E-state index contributed by atoms with van der Waals surface area (Å²) < 4.78 is 6.73. The molecule has 0 aliphatic heterocycles. The van der Waals surface area contributed by atoms with Crippen LogP contribution in [0, 0.1) is 3.57 Å². The van der Waals surface area contributed by atoms with Crippen molar-refractivity contribution in [2.45, 2.75) is 0 Å². The van der Waals surface area contributed by atoms with E-state index in [0.29, 0.717) is 10.9 Å². The van der Waals surface area contributed by atoms with Crippen LogP contribution in [0.4, 0.5) is 0 Å². The molecule has 0 unspecified atom stereocenters. The fourth-order valence-corrected chi connectivity index (χ4v) is 2.28. The standard InChI is InChI=1S/C12H10INO4/c1-14-8-4-3-6(13)5-7(8)10(15)9(11(14)16)12(17)18-2/h3-5,15H,1-2H3. The molecule has 6 heteroatoms. The fourth-order valence-electron chi connectivity index (χ4n) is 1.79. The van der Waals surface area contributed by atoms with E-state index in [9.17, 15) is 14.7 Å². The first-order valence-electron chi connectivity index (χ1n) is 5.07. The molecule has 0 aliphatic rings. The Morgan fingerprint density at radius 2 is 2.11 bits per heavy atom. The molecule has 2 aromatic rings. The monoisotopic (exact) mass is 359 g/mol. The molecule has 0 saturated carbocycles. The van der Waals surface area contributed by atoms with E-state index in [1.54, 1.807) is 19.2 Å². The lowest BCUT2D eigenvalue weighted by Crippen LogP contribution is -2.25. The van der Waals surface area contributed by atoms with E-state index in [1.807, 2.05) is 6.07 Å². The molecule has 1 heterocycles. The van der Waals surface area contributed by atoms with Crippen LogP contribution in [0.1, 0.15) is 10.4 Å². The zero-order valence-electron chi connectivity index (χ0n) is 9.73. The number of rotatable bonds is 1. The largest absolute Gasteiger partial charge is 0.506 e. The van der Waals surface area contributed by atoms with Gasteiger partial charge in [-0.05, 0) is 40.8 Å². The Balaban J connectivity index is 2.98. The van der Waals surface area contributed by atoms with Gasteiger partial charge < -0.3 is 14.4 Å². The van der Waals surface area contributed by atoms with E-state index < -0.39 is 11.5 Å². The molecular weight excluding hydrogens is 349 g/mol. The predicted octanol–water partition coefficient (Wildman–Crippen LogP) is 1.64. The number of benzene rings is 1. The van der Waals surface area contributed by atoms with Crippen LogP contribution in [-0.4, -0.2) is 22.8 Å². The number of aromatic nitrogens is 1. The van der Waals surface area contributed by atoms with E-state index in [1.165, 1.54) is 11.7 Å². The van der Waals surface area contributed by atoms with Crippen LogP contribution < -0.4 is 5.56 Å². The maximum Gasteiger partial charge on any atom is 0.347 e. The fraction of sp³-hybridized carbons (Fsp3) is 0.167. The number of aromatic hydroxyl groups is 1. The number of hydrogen-bond acceptors (Lipinski definition) is 4. The highest BCUT2D eigenvalue weighted by Crippen LogP contribution is 2.27. The van der Waals surface area contributed by atoms with Gasteiger partial charge in [0.05, 0.1) is 12.6 Å². The summed E-state index contributed by atoms with van der Waals surface area (Å²) in [5, 5.41) is 10.5. The second-order valence-electron chi connectivity index (χ2n) is 3.74. The zero-order chi connectivity index (χ0) is 13.4. The maximum atomic E-state index is 12.0. The van der Waals surface area contributed by atoms with Crippen LogP contribution in [0.5, 0.6) is 5.75 Å². The van der Waals surface area contributed by atoms with Crippen molar-refractivity contribution in [3.05, 3.63) is 37.7 Å². The molecule has 1 aromatic heterocycles. The molecule has 0 bridgehead atoms. The van der Waals surface area contributed by atoms with Gasteiger partial charge in [0.2, 0.25) is 0 Å². The average Bonchev–Trinajstić information content (AvgIpc) is 2.36. The second kappa shape index (κ2) is 4.60. The Morgan fingerprint density at radius 1 is 1.44 bits per heavy atom. The van der Waals surface area contributed by atoms with Crippen molar-refractivity contribution < 1.29 is 14.6 Å². The lowest BCUT2D eigenvalue weighted by Gasteiger charge is -2.10. The van der Waals surface area contributed by atoms with Crippen LogP contribution >= 0.6 is 22.6 Å². The minimum atomic E-state index is -0.839. The third-order valence-electron chi connectivity index (χ3n) is 2.72. The summed E-state index contributed by atoms with van der Waals surface area (Å²) in [6, 6.07) is 5.25. The van der Waals surface area contributed by atoms with E-state index in [2.05, 4.69) is 27.3 Å². The van der Waals surface area contributed by atoms with Crippen LogP contribution in [0.25, 0.3) is 10.9 Å². The topological polar surface area (TPSA) is 68.5 Å². The molecule has 18 heavy (non-hydrogen) atoms. The molecule has 2 rings (SSSR count). The van der Waals surface area contributed by atoms with Crippen molar-refractivity contribution in [2.75, 3.05) is 7.11 Å². The highest BCUT2D eigenvalue weighted by atomic mass is 127. The zero-order valence-corrected chi connectivity index (χ0v) is 11.9. The lowest BCUT2D eigenvalue weighted by atomic mass is 10.1. The summed E-state index contributed by atoms with van der Waals surface area (Å²) in [5.74, 6) is -1.17. The maximum absolute atomic E-state index is 12.0. The summed E-state index contributed by atoms with van der Waals surface area (Å²) in [6.45, 7) is 0. The van der Waals surface area contributed by atoms with Gasteiger partial charge in [-0.3, -0.25) is 4.79 Å². The smallest absolute Gasteiger partial charge is 0.347 e. The van der Waals surface area contributed by atoms with Crippen LogP contribution in [0.3, 0.4) is 0 Å². The number of carbonyl (C=O) groups excluding carboxylic acids is 1. The van der Waals surface area contributed by atoms with E-state index in [4.69, 9.17) is 0 Å². The van der Waals surface area contributed by atoms with Crippen molar-refractivity contribution in [1.82, 2.24) is 4.57 Å². The van der Waals surface area contributed by atoms with Gasteiger partial charge in [0.1, 0.15) is 5.75 Å². The van der Waals surface area contributed by atoms with Crippen LogP contribution in [-0.2, 0) is 11.8 Å². The highest BCUT2D eigenvalue weighted by Gasteiger charge is 2.21. The molecule has 0 radical (unpaired) electrons. The highest BCUT2D eigenvalue weighted by molar-refractivity contribution is 14.1. The summed E-state index contributed by atoms with van der Waals surface area (Å²) in [6.07, 6.45) is 0. The number of carbonyl (C=O) groups is 1. The molecule has 0 atom stereocenters. The Labute approximate surface area is 116 Å². The third-order valence-corrected chi connectivity index (χ3v) is 3.39. The summed E-state index contributed by atoms with van der Waals surface area (Å²) in [5.41, 5.74) is -0.354. The Hall–Kier alpha value is -1.57. The van der Waals surface area contributed by atoms with Gasteiger partial charge in [0.15, 0.2) is 5.56 Å². The van der Waals surface area contributed by atoms with Crippen molar-refractivity contribution >= 4 is 39.5 Å². The number of pyridine rings is 1. The number of nitrogens with zero attached hydrogens (tertiary/aromatic N) is 1. The number of esters is 1. The van der Waals surface area contributed by atoms with Crippen molar-refractivity contribution in [3.8, 4) is 5.75 Å². The summed E-state index contributed by atoms with van der Waals surface area (Å²) in [4.78, 5) is 23.5. The number of aryl methyl sites for hydroxylation is 1. The Kier molecular flexibility index (Phi) is 3.29. The first-order chi connectivity index (χ1) is 8.47. The van der Waals surface area contributed by atoms with Gasteiger partial charge in [0.25, 0.3) is 5.56 Å². The van der Waals surface area contributed by atoms with Crippen molar-refractivity contribution in [1.29, 1.82) is 0 Å². The molecule has 5 nitrogen and oxygen atoms in total. The first kappa shape index (κ1) is 12.9. The van der Waals surface area contributed by atoms with Gasteiger partial charge in [-0.15, -0.1) is 0 Å². The molecule has 1 aromatic carbocycles. The normalized spacial score (nSPS) is 10.6. The molecular formula is C12H10INO4. The third kappa shape index (κ3) is 1.86. The Bertz CT molecular complexity index is 705. The van der Waals surface area contributed by atoms with Gasteiger partial charge in [-0.2, -0.15) is 0 Å². The van der Waals surface area contributed by atoms with Crippen molar-refractivity contribution in [2.24, 2.45) is 7.05 Å². The first-order valence-corrected chi connectivity index (χ1v) is 6.14. The molecule has 0 spiro atoms. The SMILES string of the molecule is COC(=O)c1c(O)c2cc(I)ccc2n(C)c1=O. The molecule has 0 aliphatic carbocycles. The molecule has 0 fully saturated rings. The Morgan fingerprint density at radius 3 is 2.72 bits per heavy atom. The minimum Gasteiger partial charge on any atom is -0.506 e. The molecule has 94 valence electrons. The summed E-state index contributed by atoms with van der Waals surface area (Å²) >= 11 is 2.09. The van der Waals surface area contributed by atoms with Gasteiger partial charge in [-0.25, -0.2) is 4.79 Å². The minimum absolute atomic E-state index is 0.335. The van der Waals surface area contributed by atoms with Crippen LogP contribution in [0.15, 0.2) is 23.0 Å². The number of fused-ring (bicyclic) bond motifs is 1. The number of methoxy groups -OCH3 is 1. The molecule has 0 amide bonds. The average molecular weight is 359 g/mol. The van der Waals surface area contributed by atoms with E-state index >= 15 is 0 Å². The van der Waals surface area contributed by atoms with Gasteiger partial charge >= 0.3 is 5.97 Å².